The number of hydrogen-bond donors (Lipinski definition) is 1. The number of alkyl halides is 3. The number of likely N-dealkylation sites (N-methyl/N-ethyl adjacent to an activating group) is 1. The first kappa shape index (κ1) is 18.3. The molecule has 0 saturated heterocycles. The molecule has 1 aromatic carbocycles. The summed E-state index contributed by atoms with van der Waals surface area (Å²) in [5, 5.41) is 2.75. The molecule has 0 aliphatic heterocycles. The Kier molecular flexibility index (Phi) is 5.18. The quantitative estimate of drug-likeness (QED) is 0.707. The summed E-state index contributed by atoms with van der Waals surface area (Å²) < 4.78 is 46.9. The van der Waals surface area contributed by atoms with E-state index in [1.807, 2.05) is 0 Å². The van der Waals surface area contributed by atoms with Crippen LogP contribution in [0.5, 0.6) is 0 Å². The van der Waals surface area contributed by atoms with Crippen LogP contribution in [0.3, 0.4) is 0 Å². The number of imidazole rings is 1. The summed E-state index contributed by atoms with van der Waals surface area (Å²) in [6.07, 6.45) is -1.75. The van der Waals surface area contributed by atoms with Gasteiger partial charge in [0.05, 0.1) is 30.5 Å². The lowest BCUT2D eigenvalue weighted by atomic mass is 10.2. The molecular weight excluding hydrogens is 369 g/mol. The molecule has 1 amide bonds. The van der Waals surface area contributed by atoms with Gasteiger partial charge in [0, 0.05) is 12.4 Å². The fraction of sp³-hybridized carbons (Fsp3) is 0.333. The van der Waals surface area contributed by atoms with Gasteiger partial charge >= 0.3 is 6.18 Å². The van der Waals surface area contributed by atoms with Gasteiger partial charge in [-0.05, 0) is 19.2 Å². The Morgan fingerprint density at radius 1 is 1.35 bits per heavy atom. The number of nitrogens with one attached hydrogen (secondary N) is 1. The molecule has 0 radical (unpaired) electrons. The highest BCUT2D eigenvalue weighted by Crippen LogP contribution is 2.21. The fourth-order valence-electron chi connectivity index (χ4n) is 2.47. The molecule has 1 N–H and O–H groups in total. The van der Waals surface area contributed by atoms with Gasteiger partial charge < -0.3 is 9.88 Å². The second kappa shape index (κ2) is 7.38. The molecule has 138 valence electrons. The first-order chi connectivity index (χ1) is 12.3. The lowest BCUT2D eigenvalue weighted by Crippen LogP contribution is -2.31. The zero-order valence-corrected chi connectivity index (χ0v) is 14.5. The van der Waals surface area contributed by atoms with Crippen LogP contribution in [0, 0.1) is 0 Å². The molecular formula is C15H15F3N6OS. The number of benzene rings is 1. The van der Waals surface area contributed by atoms with Gasteiger partial charge in [0.1, 0.15) is 23.4 Å². The van der Waals surface area contributed by atoms with E-state index in [1.54, 1.807) is 30.1 Å². The van der Waals surface area contributed by atoms with Crippen LogP contribution >= 0.6 is 11.7 Å². The molecule has 26 heavy (non-hydrogen) atoms. The van der Waals surface area contributed by atoms with Gasteiger partial charge in [-0.15, -0.1) is 0 Å². The largest absolute Gasteiger partial charge is 0.406 e. The van der Waals surface area contributed by atoms with Crippen LogP contribution < -0.4 is 5.32 Å². The summed E-state index contributed by atoms with van der Waals surface area (Å²) in [6.45, 7) is -1.01. The average molecular weight is 384 g/mol. The van der Waals surface area contributed by atoms with Crippen molar-refractivity contribution in [3.8, 4) is 0 Å². The lowest BCUT2D eigenvalue weighted by molar-refractivity contribution is -0.141. The first-order valence-electron chi connectivity index (χ1n) is 7.58. The molecule has 0 bridgehead atoms. The van der Waals surface area contributed by atoms with Crippen molar-refractivity contribution in [3.63, 3.8) is 0 Å². The number of rotatable bonds is 6. The Morgan fingerprint density at radius 3 is 2.92 bits per heavy atom. The second-order valence-corrected chi connectivity index (χ2v) is 6.27. The minimum Gasteiger partial charge on any atom is -0.325 e. The normalized spacial score (nSPS) is 12.0. The smallest absolute Gasteiger partial charge is 0.325 e. The van der Waals surface area contributed by atoms with Crippen LogP contribution in [0.15, 0.2) is 30.6 Å². The van der Waals surface area contributed by atoms with E-state index in [0.717, 1.165) is 16.3 Å². The van der Waals surface area contributed by atoms with Crippen LogP contribution in [0.25, 0.3) is 11.0 Å². The van der Waals surface area contributed by atoms with Crippen LogP contribution in [-0.4, -0.2) is 48.9 Å². The van der Waals surface area contributed by atoms with E-state index in [2.05, 4.69) is 19.0 Å². The number of amides is 1. The number of nitrogens with zero attached hydrogens (tertiary/aromatic N) is 5. The van der Waals surface area contributed by atoms with E-state index < -0.39 is 12.7 Å². The van der Waals surface area contributed by atoms with Gasteiger partial charge in [0.15, 0.2) is 0 Å². The molecule has 0 unspecified atom stereocenters. The van der Waals surface area contributed by atoms with E-state index in [-0.39, 0.29) is 24.8 Å². The monoisotopic (exact) mass is 384 g/mol. The summed E-state index contributed by atoms with van der Waals surface area (Å²) >= 11 is 1.05. The van der Waals surface area contributed by atoms with Gasteiger partial charge in [-0.25, -0.2) is 4.98 Å². The highest BCUT2D eigenvalue weighted by atomic mass is 32.1. The van der Waals surface area contributed by atoms with E-state index in [1.165, 1.54) is 12.4 Å². The Bertz CT molecular complexity index is 906. The van der Waals surface area contributed by atoms with Crippen molar-refractivity contribution in [2.45, 2.75) is 19.3 Å². The minimum absolute atomic E-state index is 0.00711. The SMILES string of the molecule is CN(CC(=O)Nc1cccc2nsnc12)Cc1nccn1CC(F)(F)F. The summed E-state index contributed by atoms with van der Waals surface area (Å²) in [6, 6.07) is 5.27. The maximum atomic E-state index is 12.6. The number of hydrogen-bond acceptors (Lipinski definition) is 6. The van der Waals surface area contributed by atoms with Crippen molar-refractivity contribution in [2.24, 2.45) is 0 Å². The molecule has 0 aliphatic carbocycles. The highest BCUT2D eigenvalue weighted by Gasteiger charge is 2.29. The zero-order valence-electron chi connectivity index (χ0n) is 13.7. The molecule has 0 aliphatic rings. The summed E-state index contributed by atoms with van der Waals surface area (Å²) in [5.74, 6) is -0.0645. The molecule has 7 nitrogen and oxygen atoms in total. The van der Waals surface area contributed by atoms with Crippen LogP contribution in [-0.2, 0) is 17.9 Å². The number of halogens is 3. The van der Waals surface area contributed by atoms with Crippen molar-refractivity contribution in [1.29, 1.82) is 0 Å². The molecule has 11 heteroatoms. The Morgan fingerprint density at radius 2 is 2.15 bits per heavy atom. The minimum atomic E-state index is -4.33. The van der Waals surface area contributed by atoms with Crippen LogP contribution in [0.1, 0.15) is 5.82 Å². The molecule has 3 aromatic rings. The molecule has 0 atom stereocenters. The van der Waals surface area contributed by atoms with Gasteiger partial charge in [-0.2, -0.15) is 21.9 Å². The first-order valence-corrected chi connectivity index (χ1v) is 8.31. The van der Waals surface area contributed by atoms with Crippen LogP contribution in [0.4, 0.5) is 18.9 Å². The molecule has 2 heterocycles. The number of carbonyl (C=O) groups is 1. The summed E-state index contributed by atoms with van der Waals surface area (Å²) in [5.41, 5.74) is 1.85. The van der Waals surface area contributed by atoms with Gasteiger partial charge in [-0.1, -0.05) is 6.07 Å². The molecule has 0 spiro atoms. The van der Waals surface area contributed by atoms with Gasteiger partial charge in [0.25, 0.3) is 0 Å². The fourth-order valence-corrected chi connectivity index (χ4v) is 3.02. The van der Waals surface area contributed by atoms with Gasteiger partial charge in [-0.3, -0.25) is 9.69 Å². The van der Waals surface area contributed by atoms with Crippen molar-refractivity contribution in [2.75, 3.05) is 18.9 Å². The summed E-state index contributed by atoms with van der Waals surface area (Å²) in [7, 11) is 1.64. The molecule has 0 fully saturated rings. The van der Waals surface area contributed by atoms with Crippen molar-refractivity contribution < 1.29 is 18.0 Å². The Balaban J connectivity index is 1.60. The van der Waals surface area contributed by atoms with E-state index >= 15 is 0 Å². The van der Waals surface area contributed by atoms with E-state index in [0.29, 0.717) is 16.7 Å². The average Bonchev–Trinajstić information content (AvgIpc) is 3.16. The third kappa shape index (κ3) is 4.55. The molecule has 0 saturated carbocycles. The van der Waals surface area contributed by atoms with Crippen LogP contribution in [0.2, 0.25) is 0 Å². The lowest BCUT2D eigenvalue weighted by Gasteiger charge is -2.17. The summed E-state index contributed by atoms with van der Waals surface area (Å²) in [4.78, 5) is 17.8. The standard InChI is InChI=1S/C15H15F3N6OS/c1-23(7-12-19-5-6-24(12)9-15(16,17)18)8-13(25)20-10-3-2-4-11-14(10)22-26-21-11/h2-6H,7-9H2,1H3,(H,20,25). The molecule has 3 rings (SSSR count). The predicted molar refractivity (Wildman–Crippen MR) is 90.7 cm³/mol. The number of carbonyl (C=O) groups excluding carboxylic acids is 1. The maximum Gasteiger partial charge on any atom is 0.406 e. The van der Waals surface area contributed by atoms with Crippen molar-refractivity contribution >= 4 is 34.4 Å². The highest BCUT2D eigenvalue weighted by molar-refractivity contribution is 7.00. The Hall–Kier alpha value is -2.53. The van der Waals surface area contributed by atoms with E-state index in [9.17, 15) is 18.0 Å². The Labute approximate surface area is 150 Å². The second-order valence-electron chi connectivity index (χ2n) is 5.74. The number of aromatic nitrogens is 4. The van der Waals surface area contributed by atoms with Crippen molar-refractivity contribution in [3.05, 3.63) is 36.4 Å². The number of fused-ring (bicyclic) bond motifs is 1. The number of anilines is 1. The molecule has 2 aromatic heterocycles. The van der Waals surface area contributed by atoms with E-state index in [4.69, 9.17) is 0 Å². The third-order valence-corrected chi connectivity index (χ3v) is 4.08. The maximum absolute atomic E-state index is 12.6. The van der Waals surface area contributed by atoms with Gasteiger partial charge in [0.2, 0.25) is 5.91 Å². The topological polar surface area (TPSA) is 75.9 Å². The van der Waals surface area contributed by atoms with Crippen molar-refractivity contribution in [1.82, 2.24) is 23.2 Å². The third-order valence-electron chi connectivity index (χ3n) is 3.54. The zero-order chi connectivity index (χ0) is 18.7. The predicted octanol–water partition coefficient (Wildman–Crippen LogP) is 2.52.